The molecule has 2 aliphatic rings. The molecule has 0 spiro atoms. The smallest absolute Gasteiger partial charge is 0.224 e. The number of hydrogen-bond donors (Lipinski definition) is 3. The van der Waals surface area contributed by atoms with E-state index in [0.29, 0.717) is 31.7 Å². The molecular weight excluding hydrogens is 400 g/mol. The molecule has 2 amide bonds. The minimum Gasteiger partial charge on any atom is -0.487 e. The van der Waals surface area contributed by atoms with Crippen molar-refractivity contribution in [2.75, 3.05) is 33.4 Å². The third kappa shape index (κ3) is 5.02. The van der Waals surface area contributed by atoms with Crippen molar-refractivity contribution in [3.8, 4) is 5.75 Å². The van der Waals surface area contributed by atoms with E-state index in [4.69, 9.17) is 14.6 Å². The van der Waals surface area contributed by atoms with Crippen molar-refractivity contribution in [3.05, 3.63) is 29.8 Å². The Kier molecular flexibility index (Phi) is 8.28. The summed E-state index contributed by atoms with van der Waals surface area (Å²) in [6, 6.07) is 6.96. The molecular formula is C23H34N2O6. The predicted molar refractivity (Wildman–Crippen MR) is 115 cm³/mol. The van der Waals surface area contributed by atoms with Crippen LogP contribution in [0.1, 0.15) is 44.1 Å². The van der Waals surface area contributed by atoms with Gasteiger partial charge in [0.15, 0.2) is 0 Å². The molecule has 3 N–H and O–H groups in total. The summed E-state index contributed by atoms with van der Waals surface area (Å²) in [6.45, 7) is 2.72. The zero-order valence-electron chi connectivity index (χ0n) is 18.3. The van der Waals surface area contributed by atoms with E-state index in [1.165, 1.54) is 0 Å². The van der Waals surface area contributed by atoms with Crippen LogP contribution in [0.3, 0.4) is 0 Å². The lowest BCUT2D eigenvalue weighted by molar-refractivity contribution is -0.147. The normalized spacial score (nSPS) is 26.5. The highest BCUT2D eigenvalue weighted by Gasteiger charge is 2.54. The summed E-state index contributed by atoms with van der Waals surface area (Å²) in [5.41, 5.74) is 0.898. The van der Waals surface area contributed by atoms with Crippen LogP contribution in [0.5, 0.6) is 5.75 Å². The Hall–Kier alpha value is -2.16. The number of fused-ring (bicyclic) bond motifs is 3. The average Bonchev–Trinajstić information content (AvgIpc) is 3.17. The minimum absolute atomic E-state index is 0.0496. The van der Waals surface area contributed by atoms with Crippen LogP contribution in [0.2, 0.25) is 0 Å². The van der Waals surface area contributed by atoms with Crippen molar-refractivity contribution in [2.45, 2.75) is 56.8 Å². The Bertz CT molecular complexity index is 757. The molecule has 0 bridgehead atoms. The summed E-state index contributed by atoms with van der Waals surface area (Å²) in [4.78, 5) is 27.7. The number of hydrogen-bond acceptors (Lipinski definition) is 6. The molecule has 1 fully saturated rings. The van der Waals surface area contributed by atoms with Gasteiger partial charge in [0.05, 0.1) is 25.2 Å². The van der Waals surface area contributed by atoms with Crippen molar-refractivity contribution in [1.29, 1.82) is 0 Å². The van der Waals surface area contributed by atoms with Crippen LogP contribution < -0.4 is 10.1 Å². The van der Waals surface area contributed by atoms with E-state index in [2.05, 4.69) is 5.32 Å². The zero-order valence-corrected chi connectivity index (χ0v) is 18.3. The molecule has 0 aromatic heterocycles. The molecule has 8 heteroatoms. The SMILES string of the molecule is CCCCC(=O)N(CCOC)[C@@H]1CC(C(=O)NCCO)[C@@H]2c3ccccc3O[C@@H]2[C@H]1O. The number of amides is 2. The quantitative estimate of drug-likeness (QED) is 0.508. The van der Waals surface area contributed by atoms with E-state index >= 15 is 0 Å². The van der Waals surface area contributed by atoms with Crippen LogP contribution >= 0.6 is 0 Å². The fourth-order valence-electron chi connectivity index (χ4n) is 4.78. The molecule has 172 valence electrons. The van der Waals surface area contributed by atoms with Gasteiger partial charge >= 0.3 is 0 Å². The van der Waals surface area contributed by atoms with Crippen LogP contribution in [-0.2, 0) is 14.3 Å². The summed E-state index contributed by atoms with van der Waals surface area (Å²) in [5, 5.41) is 23.2. The van der Waals surface area contributed by atoms with Gasteiger partial charge in [-0.05, 0) is 18.9 Å². The maximum absolute atomic E-state index is 13.1. The first-order chi connectivity index (χ1) is 15.0. The second kappa shape index (κ2) is 10.9. The lowest BCUT2D eigenvalue weighted by Crippen LogP contribution is -2.60. The average molecular weight is 435 g/mol. The Balaban J connectivity index is 1.91. The number of aliphatic hydroxyl groups is 2. The van der Waals surface area contributed by atoms with E-state index in [9.17, 15) is 14.7 Å². The highest BCUT2D eigenvalue weighted by Crippen LogP contribution is 2.49. The summed E-state index contributed by atoms with van der Waals surface area (Å²) >= 11 is 0. The Morgan fingerprint density at radius 2 is 2.10 bits per heavy atom. The first-order valence-corrected chi connectivity index (χ1v) is 11.1. The van der Waals surface area contributed by atoms with Gasteiger partial charge in [-0.2, -0.15) is 0 Å². The standard InChI is InChI=1S/C23H34N2O6/c1-3-4-9-19(27)25(11-13-30-2)17-14-16(23(29)24-10-12-26)20-15-7-5-6-8-18(15)31-22(20)21(17)28/h5-8,16-17,20-22,26,28H,3-4,9-14H2,1-2H3,(H,24,29)/t16?,17-,20+,21+,22+/m1/s1. The van der Waals surface area contributed by atoms with E-state index < -0.39 is 24.2 Å². The molecule has 1 aliphatic heterocycles. The highest BCUT2D eigenvalue weighted by molar-refractivity contribution is 5.81. The number of para-hydroxylation sites is 1. The van der Waals surface area contributed by atoms with E-state index in [1.807, 2.05) is 31.2 Å². The molecule has 31 heavy (non-hydrogen) atoms. The second-order valence-electron chi connectivity index (χ2n) is 8.24. The van der Waals surface area contributed by atoms with Gasteiger partial charge in [0, 0.05) is 38.1 Å². The summed E-state index contributed by atoms with van der Waals surface area (Å²) < 4.78 is 11.3. The van der Waals surface area contributed by atoms with Crippen LogP contribution in [0.15, 0.2) is 24.3 Å². The number of carbonyl (C=O) groups is 2. The van der Waals surface area contributed by atoms with Crippen molar-refractivity contribution in [1.82, 2.24) is 10.2 Å². The molecule has 1 saturated carbocycles. The molecule has 1 unspecified atom stereocenters. The van der Waals surface area contributed by atoms with Crippen LogP contribution in [0.4, 0.5) is 0 Å². The third-order valence-electron chi connectivity index (χ3n) is 6.30. The molecule has 0 saturated heterocycles. The van der Waals surface area contributed by atoms with Gasteiger partial charge in [0.2, 0.25) is 11.8 Å². The van der Waals surface area contributed by atoms with Gasteiger partial charge in [-0.1, -0.05) is 31.5 Å². The predicted octanol–water partition coefficient (Wildman–Crippen LogP) is 1.05. The van der Waals surface area contributed by atoms with Crippen LogP contribution in [-0.4, -0.2) is 78.6 Å². The first kappa shape index (κ1) is 23.5. The lowest BCUT2D eigenvalue weighted by Gasteiger charge is -2.45. The van der Waals surface area contributed by atoms with Gasteiger partial charge in [-0.25, -0.2) is 0 Å². The molecule has 1 aromatic rings. The third-order valence-corrected chi connectivity index (χ3v) is 6.30. The number of carbonyl (C=O) groups excluding carboxylic acids is 2. The Labute approximate surface area is 183 Å². The maximum atomic E-state index is 13.1. The van der Waals surface area contributed by atoms with Crippen molar-refractivity contribution in [2.24, 2.45) is 5.92 Å². The monoisotopic (exact) mass is 434 g/mol. The van der Waals surface area contributed by atoms with Crippen molar-refractivity contribution < 1.29 is 29.3 Å². The number of benzene rings is 1. The summed E-state index contributed by atoms with van der Waals surface area (Å²) in [6.07, 6.45) is 0.817. The zero-order chi connectivity index (χ0) is 22.4. The van der Waals surface area contributed by atoms with Crippen LogP contribution in [0.25, 0.3) is 0 Å². The Morgan fingerprint density at radius 3 is 2.81 bits per heavy atom. The number of ether oxygens (including phenoxy) is 2. The first-order valence-electron chi connectivity index (χ1n) is 11.1. The number of methoxy groups -OCH3 is 1. The molecule has 1 aliphatic carbocycles. The fourth-order valence-corrected chi connectivity index (χ4v) is 4.78. The van der Waals surface area contributed by atoms with Crippen molar-refractivity contribution >= 4 is 11.8 Å². The van der Waals surface area contributed by atoms with Gasteiger partial charge < -0.3 is 29.9 Å². The molecule has 0 radical (unpaired) electrons. The minimum atomic E-state index is -0.929. The molecule has 3 rings (SSSR count). The van der Waals surface area contributed by atoms with Gasteiger partial charge in [0.25, 0.3) is 0 Å². The number of rotatable bonds is 10. The Morgan fingerprint density at radius 1 is 1.32 bits per heavy atom. The number of aliphatic hydroxyl groups excluding tert-OH is 2. The van der Waals surface area contributed by atoms with Crippen molar-refractivity contribution in [3.63, 3.8) is 0 Å². The number of nitrogens with one attached hydrogen (secondary N) is 1. The molecule has 1 aromatic carbocycles. The van der Waals surface area contributed by atoms with E-state index in [0.717, 1.165) is 18.4 Å². The summed E-state index contributed by atoms with van der Waals surface area (Å²) in [5.74, 6) is -0.382. The largest absolute Gasteiger partial charge is 0.487 e. The maximum Gasteiger partial charge on any atom is 0.224 e. The van der Waals surface area contributed by atoms with Gasteiger partial charge in [-0.15, -0.1) is 0 Å². The number of nitrogens with zero attached hydrogens (tertiary/aromatic N) is 1. The van der Waals surface area contributed by atoms with Gasteiger partial charge in [-0.3, -0.25) is 9.59 Å². The topological polar surface area (TPSA) is 108 Å². The molecule has 1 heterocycles. The van der Waals surface area contributed by atoms with Gasteiger partial charge in [0.1, 0.15) is 18.0 Å². The molecule has 8 nitrogen and oxygen atoms in total. The number of unbranched alkanes of at least 4 members (excludes halogenated alkanes) is 1. The second-order valence-corrected chi connectivity index (χ2v) is 8.24. The van der Waals surface area contributed by atoms with E-state index in [-0.39, 0.29) is 30.9 Å². The molecule has 5 atom stereocenters. The van der Waals surface area contributed by atoms with E-state index in [1.54, 1.807) is 12.0 Å². The van der Waals surface area contributed by atoms with Crippen LogP contribution in [0, 0.1) is 5.92 Å². The summed E-state index contributed by atoms with van der Waals surface area (Å²) in [7, 11) is 1.57. The highest BCUT2D eigenvalue weighted by atomic mass is 16.5. The fraction of sp³-hybridized carbons (Fsp3) is 0.652. The lowest BCUT2D eigenvalue weighted by atomic mass is 9.70.